The average Bonchev–Trinajstić information content (AvgIpc) is 2.17. The molecule has 0 nitrogen and oxygen atoms in total. The minimum absolute atomic E-state index is 0.193. The van der Waals surface area contributed by atoms with E-state index in [1.807, 2.05) is 6.08 Å². The van der Waals surface area contributed by atoms with Crippen molar-refractivity contribution in [1.29, 1.82) is 0 Å². The van der Waals surface area contributed by atoms with Gasteiger partial charge in [0.2, 0.25) is 0 Å². The van der Waals surface area contributed by atoms with Crippen molar-refractivity contribution in [1.82, 2.24) is 0 Å². The molecule has 0 amide bonds. The van der Waals surface area contributed by atoms with Crippen LogP contribution in [0.3, 0.4) is 0 Å². The van der Waals surface area contributed by atoms with Crippen molar-refractivity contribution < 1.29 is 0 Å². The lowest BCUT2D eigenvalue weighted by molar-refractivity contribution is 1.05. The highest BCUT2D eigenvalue weighted by molar-refractivity contribution is 9.10. The van der Waals surface area contributed by atoms with Gasteiger partial charge < -0.3 is 0 Å². The lowest BCUT2D eigenvalue weighted by atomic mass is 9.98. The largest absolute Gasteiger partial charge is 0.102 e. The predicted octanol–water partition coefficient (Wildman–Crippen LogP) is 4.12. The van der Waals surface area contributed by atoms with E-state index in [0.29, 0.717) is 0 Å². The molecule has 1 atom stereocenters. The summed E-state index contributed by atoms with van der Waals surface area (Å²) in [6, 6.07) is 6.35. The van der Waals surface area contributed by atoms with Crippen molar-refractivity contribution in [2.24, 2.45) is 0 Å². The van der Waals surface area contributed by atoms with E-state index < -0.39 is 0 Å². The number of rotatable bonds is 3. The van der Waals surface area contributed by atoms with E-state index in [9.17, 15) is 0 Å². The van der Waals surface area contributed by atoms with Crippen molar-refractivity contribution >= 4 is 15.9 Å². The Hall–Kier alpha value is -0.560. The van der Waals surface area contributed by atoms with Gasteiger partial charge in [0.1, 0.15) is 0 Å². The van der Waals surface area contributed by atoms with Crippen molar-refractivity contribution in [2.45, 2.75) is 19.3 Å². The molecule has 1 rings (SSSR count). The Kier molecular flexibility index (Phi) is 3.73. The third kappa shape index (κ3) is 2.44. The molecule has 1 aromatic carbocycles. The minimum Gasteiger partial charge on any atom is -0.102 e. The summed E-state index contributed by atoms with van der Waals surface area (Å²) in [6.45, 7) is 9.89. The van der Waals surface area contributed by atoms with Gasteiger partial charge in [-0.3, -0.25) is 0 Å². The van der Waals surface area contributed by atoms with Crippen LogP contribution in [-0.4, -0.2) is 0 Å². The summed E-state index contributed by atoms with van der Waals surface area (Å²) < 4.78 is 1.18. The molecule has 0 aliphatic rings. The second-order valence-corrected chi connectivity index (χ2v) is 3.90. The zero-order valence-electron chi connectivity index (χ0n) is 7.89. The first-order valence-electron chi connectivity index (χ1n) is 4.43. The third-order valence-electron chi connectivity index (χ3n) is 2.16. The monoisotopic (exact) mass is 237 g/mol. The Bertz CT molecular complexity index is 302. The highest BCUT2D eigenvalue weighted by Crippen LogP contribution is 2.23. The van der Waals surface area contributed by atoms with E-state index in [2.05, 4.69) is 54.6 Å². The summed E-state index contributed by atoms with van der Waals surface area (Å²) in [7, 11) is 0. The highest BCUT2D eigenvalue weighted by atomic mass is 79.9. The number of aryl methyl sites for hydroxylation is 1. The zero-order valence-corrected chi connectivity index (χ0v) is 9.47. The smallest absolute Gasteiger partial charge is 0.0207 e. The Morgan fingerprint density at radius 2 is 2.23 bits per heavy atom. The second-order valence-electron chi connectivity index (χ2n) is 3.05. The lowest BCUT2D eigenvalue weighted by Gasteiger charge is -2.09. The van der Waals surface area contributed by atoms with Crippen LogP contribution in [0.25, 0.3) is 0 Å². The van der Waals surface area contributed by atoms with Crippen molar-refractivity contribution in [3.8, 4) is 0 Å². The van der Waals surface area contributed by atoms with Gasteiger partial charge >= 0.3 is 0 Å². The zero-order chi connectivity index (χ0) is 9.84. The number of hydrogen-bond donors (Lipinski definition) is 0. The van der Waals surface area contributed by atoms with Crippen LogP contribution in [0.15, 0.2) is 35.3 Å². The molecule has 0 saturated heterocycles. The van der Waals surface area contributed by atoms with E-state index >= 15 is 0 Å². The first kappa shape index (κ1) is 10.5. The normalized spacial score (nSPS) is 12.5. The maximum Gasteiger partial charge on any atom is 0.0207 e. The first-order chi connectivity index (χ1) is 6.19. The van der Waals surface area contributed by atoms with Gasteiger partial charge in [-0.1, -0.05) is 41.1 Å². The molecule has 0 bridgehead atoms. The summed E-state index contributed by atoms with van der Waals surface area (Å²) in [5.74, 6) is 0.193. The number of benzene rings is 1. The number of allylic oxidation sites excluding steroid dienone is 1. The molecule has 0 N–H and O–H groups in total. The Balaban J connectivity index is 3.05. The van der Waals surface area contributed by atoms with Crippen molar-refractivity contribution in [3.63, 3.8) is 0 Å². The average molecular weight is 238 g/mol. The van der Waals surface area contributed by atoms with Gasteiger partial charge in [0.25, 0.3) is 0 Å². The SMILES string of the molecule is [CH2]C(C=C)c1ccc(Br)c(CC)c1. The molecule has 0 aromatic heterocycles. The minimum atomic E-state index is 0.193. The molecule has 69 valence electrons. The number of halogens is 1. The van der Waals surface area contributed by atoms with Gasteiger partial charge in [0, 0.05) is 10.4 Å². The van der Waals surface area contributed by atoms with Crippen LogP contribution in [0.1, 0.15) is 24.0 Å². The lowest BCUT2D eigenvalue weighted by Crippen LogP contribution is -1.92. The molecule has 1 unspecified atom stereocenters. The molecule has 0 aliphatic carbocycles. The molecule has 0 heterocycles. The topological polar surface area (TPSA) is 0 Å². The quantitative estimate of drug-likeness (QED) is 0.695. The van der Waals surface area contributed by atoms with Crippen molar-refractivity contribution in [2.75, 3.05) is 0 Å². The van der Waals surface area contributed by atoms with Gasteiger partial charge in [0.05, 0.1) is 0 Å². The molecule has 0 aliphatic heterocycles. The van der Waals surface area contributed by atoms with Crippen LogP contribution >= 0.6 is 15.9 Å². The van der Waals surface area contributed by atoms with Crippen LogP contribution < -0.4 is 0 Å². The summed E-state index contributed by atoms with van der Waals surface area (Å²) in [4.78, 5) is 0. The van der Waals surface area contributed by atoms with E-state index in [-0.39, 0.29) is 5.92 Å². The summed E-state index contributed by atoms with van der Waals surface area (Å²) in [5.41, 5.74) is 2.56. The van der Waals surface area contributed by atoms with Gasteiger partial charge in [-0.25, -0.2) is 0 Å². The van der Waals surface area contributed by atoms with Crippen LogP contribution in [0.2, 0.25) is 0 Å². The maximum absolute atomic E-state index is 4.00. The summed E-state index contributed by atoms with van der Waals surface area (Å²) in [6.07, 6.45) is 2.90. The Labute approximate surface area is 88.8 Å². The van der Waals surface area contributed by atoms with Crippen molar-refractivity contribution in [3.05, 3.63) is 53.4 Å². The molecule has 0 spiro atoms. The van der Waals surface area contributed by atoms with Crippen LogP contribution in [0.5, 0.6) is 0 Å². The third-order valence-corrected chi connectivity index (χ3v) is 2.94. The molecule has 1 heteroatoms. The second kappa shape index (κ2) is 4.61. The Morgan fingerprint density at radius 3 is 2.77 bits per heavy atom. The summed E-state index contributed by atoms with van der Waals surface area (Å²) in [5, 5.41) is 0. The van der Waals surface area contributed by atoms with Gasteiger partial charge in [-0.05, 0) is 30.5 Å². The fourth-order valence-corrected chi connectivity index (χ4v) is 1.76. The predicted molar refractivity (Wildman–Crippen MR) is 61.8 cm³/mol. The fourth-order valence-electron chi connectivity index (χ4n) is 1.23. The molecule has 1 aromatic rings. The van der Waals surface area contributed by atoms with Crippen LogP contribution in [0, 0.1) is 6.92 Å². The molecular formula is C12H14Br. The standard InChI is InChI=1S/C12H14Br/c1-4-9(3)11-6-7-12(13)10(5-2)8-11/h4,6-9H,1,3,5H2,2H3. The molecule has 13 heavy (non-hydrogen) atoms. The van der Waals surface area contributed by atoms with E-state index in [0.717, 1.165) is 6.42 Å². The molecule has 1 radical (unpaired) electrons. The maximum atomic E-state index is 4.00. The van der Waals surface area contributed by atoms with Gasteiger partial charge in [-0.15, -0.1) is 6.58 Å². The molecule has 0 saturated carbocycles. The number of hydrogen-bond acceptors (Lipinski definition) is 0. The van der Waals surface area contributed by atoms with E-state index in [4.69, 9.17) is 0 Å². The van der Waals surface area contributed by atoms with E-state index in [1.54, 1.807) is 0 Å². The molecular weight excluding hydrogens is 224 g/mol. The van der Waals surface area contributed by atoms with Gasteiger partial charge in [-0.2, -0.15) is 0 Å². The van der Waals surface area contributed by atoms with Crippen LogP contribution in [-0.2, 0) is 6.42 Å². The summed E-state index contributed by atoms with van der Waals surface area (Å²) >= 11 is 3.52. The first-order valence-corrected chi connectivity index (χ1v) is 5.22. The molecule has 0 fully saturated rings. The highest BCUT2D eigenvalue weighted by Gasteiger charge is 2.03. The fraction of sp³-hybridized carbons (Fsp3) is 0.250. The Morgan fingerprint density at radius 1 is 1.54 bits per heavy atom. The van der Waals surface area contributed by atoms with Crippen LogP contribution in [0.4, 0.5) is 0 Å². The van der Waals surface area contributed by atoms with E-state index in [1.165, 1.54) is 15.6 Å². The van der Waals surface area contributed by atoms with Gasteiger partial charge in [0.15, 0.2) is 0 Å².